The minimum absolute atomic E-state index is 0.0995. The molecule has 4 heteroatoms. The van der Waals surface area contributed by atoms with E-state index in [0.29, 0.717) is 0 Å². The Hall–Kier alpha value is -1.55. The van der Waals surface area contributed by atoms with Gasteiger partial charge >= 0.3 is 0 Å². The first-order valence-electron chi connectivity index (χ1n) is 6.23. The molecule has 0 radical (unpaired) electrons. The lowest BCUT2D eigenvalue weighted by Crippen LogP contribution is -2.39. The number of benzene rings is 1. The predicted octanol–water partition coefficient (Wildman–Crippen LogP) is 2.00. The number of rotatable bonds is 5. The summed E-state index contributed by atoms with van der Waals surface area (Å²) < 4.78 is 5.73. The van der Waals surface area contributed by atoms with E-state index in [-0.39, 0.29) is 18.1 Å². The minimum atomic E-state index is -0.509. The van der Waals surface area contributed by atoms with Crippen molar-refractivity contribution in [3.8, 4) is 5.75 Å². The van der Waals surface area contributed by atoms with Gasteiger partial charge in [-0.1, -0.05) is 18.2 Å². The molecule has 100 valence electrons. The van der Waals surface area contributed by atoms with Crippen molar-refractivity contribution in [1.29, 1.82) is 0 Å². The molecule has 0 spiro atoms. The SMILES string of the molecule is CC(C)Oc1ccccc1C(C)NC(=O)[C@@H](C)N. The smallest absolute Gasteiger partial charge is 0.237 e. The highest BCUT2D eigenvalue weighted by Crippen LogP contribution is 2.25. The molecule has 1 unspecified atom stereocenters. The van der Waals surface area contributed by atoms with Gasteiger partial charge in [0.25, 0.3) is 0 Å². The highest BCUT2D eigenvalue weighted by atomic mass is 16.5. The van der Waals surface area contributed by atoms with Gasteiger partial charge in [-0.05, 0) is 33.8 Å². The summed E-state index contributed by atoms with van der Waals surface area (Å²) in [5.74, 6) is 0.631. The van der Waals surface area contributed by atoms with Crippen LogP contribution in [0.25, 0.3) is 0 Å². The fourth-order valence-corrected chi connectivity index (χ4v) is 1.62. The van der Waals surface area contributed by atoms with Crippen molar-refractivity contribution in [3.05, 3.63) is 29.8 Å². The second-order valence-electron chi connectivity index (χ2n) is 4.72. The zero-order valence-corrected chi connectivity index (χ0v) is 11.4. The van der Waals surface area contributed by atoms with Gasteiger partial charge in [0, 0.05) is 5.56 Å². The number of nitrogens with two attached hydrogens (primary N) is 1. The fraction of sp³-hybridized carbons (Fsp3) is 0.500. The van der Waals surface area contributed by atoms with Crippen molar-refractivity contribution in [2.24, 2.45) is 5.73 Å². The summed E-state index contributed by atoms with van der Waals surface area (Å²) in [6.07, 6.45) is 0.0995. The number of amides is 1. The third-order valence-corrected chi connectivity index (χ3v) is 2.52. The van der Waals surface area contributed by atoms with Crippen molar-refractivity contribution < 1.29 is 9.53 Å². The topological polar surface area (TPSA) is 64.3 Å². The number of carbonyl (C=O) groups excluding carboxylic acids is 1. The van der Waals surface area contributed by atoms with E-state index in [4.69, 9.17) is 10.5 Å². The van der Waals surface area contributed by atoms with Crippen LogP contribution < -0.4 is 15.8 Å². The predicted molar refractivity (Wildman–Crippen MR) is 72.4 cm³/mol. The standard InChI is InChI=1S/C14H22N2O2/c1-9(2)18-13-8-6-5-7-12(13)11(4)16-14(17)10(3)15/h5-11H,15H2,1-4H3,(H,16,17)/t10-,11?/m1/s1. The summed E-state index contributed by atoms with van der Waals surface area (Å²) in [5, 5.41) is 2.87. The molecule has 1 aromatic carbocycles. The highest BCUT2D eigenvalue weighted by Gasteiger charge is 2.16. The zero-order valence-electron chi connectivity index (χ0n) is 11.4. The molecule has 0 saturated heterocycles. The lowest BCUT2D eigenvalue weighted by Gasteiger charge is -2.20. The molecule has 0 bridgehead atoms. The molecule has 1 rings (SSSR count). The molecule has 1 aromatic rings. The Kier molecular flexibility index (Phi) is 5.16. The summed E-state index contributed by atoms with van der Waals surface area (Å²) in [5.41, 5.74) is 6.50. The molecular weight excluding hydrogens is 228 g/mol. The van der Waals surface area contributed by atoms with Gasteiger partial charge in [0.1, 0.15) is 5.75 Å². The van der Waals surface area contributed by atoms with Crippen LogP contribution in [-0.4, -0.2) is 18.1 Å². The van der Waals surface area contributed by atoms with Crippen molar-refractivity contribution in [1.82, 2.24) is 5.32 Å². The molecule has 0 aliphatic rings. The zero-order chi connectivity index (χ0) is 13.7. The molecule has 4 nitrogen and oxygen atoms in total. The molecule has 0 saturated carbocycles. The lowest BCUT2D eigenvalue weighted by molar-refractivity contribution is -0.122. The third kappa shape index (κ3) is 4.04. The van der Waals surface area contributed by atoms with E-state index < -0.39 is 6.04 Å². The normalized spacial score (nSPS) is 14.1. The van der Waals surface area contributed by atoms with E-state index in [1.807, 2.05) is 45.0 Å². The van der Waals surface area contributed by atoms with Gasteiger partial charge in [0.2, 0.25) is 5.91 Å². The van der Waals surface area contributed by atoms with Gasteiger partial charge in [0.15, 0.2) is 0 Å². The Labute approximate surface area is 109 Å². The van der Waals surface area contributed by atoms with Gasteiger partial charge in [-0.2, -0.15) is 0 Å². The van der Waals surface area contributed by atoms with Crippen LogP contribution in [0.15, 0.2) is 24.3 Å². The molecule has 0 aliphatic carbocycles. The number of para-hydroxylation sites is 1. The Bertz CT molecular complexity index is 403. The molecule has 18 heavy (non-hydrogen) atoms. The Morgan fingerprint density at radius 3 is 2.39 bits per heavy atom. The van der Waals surface area contributed by atoms with Gasteiger partial charge in [-0.25, -0.2) is 0 Å². The van der Waals surface area contributed by atoms with E-state index in [9.17, 15) is 4.79 Å². The number of carbonyl (C=O) groups is 1. The Morgan fingerprint density at radius 1 is 1.22 bits per heavy atom. The summed E-state index contributed by atoms with van der Waals surface area (Å²) in [6.45, 7) is 7.53. The first-order valence-corrected chi connectivity index (χ1v) is 6.23. The van der Waals surface area contributed by atoms with Crippen molar-refractivity contribution >= 4 is 5.91 Å². The number of nitrogens with one attached hydrogen (secondary N) is 1. The van der Waals surface area contributed by atoms with Crippen LogP contribution in [0.3, 0.4) is 0 Å². The quantitative estimate of drug-likeness (QED) is 0.840. The third-order valence-electron chi connectivity index (χ3n) is 2.52. The average molecular weight is 250 g/mol. The molecule has 0 aliphatic heterocycles. The first kappa shape index (κ1) is 14.5. The highest BCUT2D eigenvalue weighted by molar-refractivity contribution is 5.81. The van der Waals surface area contributed by atoms with Crippen molar-refractivity contribution in [3.63, 3.8) is 0 Å². The maximum absolute atomic E-state index is 11.6. The van der Waals surface area contributed by atoms with E-state index in [0.717, 1.165) is 11.3 Å². The first-order chi connectivity index (χ1) is 8.41. The van der Waals surface area contributed by atoms with Crippen LogP contribution in [0.5, 0.6) is 5.75 Å². The second-order valence-corrected chi connectivity index (χ2v) is 4.72. The molecule has 1 amide bonds. The molecule has 2 atom stereocenters. The summed E-state index contributed by atoms with van der Waals surface area (Å²) in [7, 11) is 0. The Balaban J connectivity index is 2.84. The van der Waals surface area contributed by atoms with Crippen LogP contribution in [0, 0.1) is 0 Å². The van der Waals surface area contributed by atoms with Gasteiger partial charge in [-0.3, -0.25) is 4.79 Å². The largest absolute Gasteiger partial charge is 0.491 e. The Morgan fingerprint density at radius 2 is 1.83 bits per heavy atom. The summed E-state index contributed by atoms with van der Waals surface area (Å²) in [6, 6.07) is 7.07. The lowest BCUT2D eigenvalue weighted by atomic mass is 10.1. The maximum Gasteiger partial charge on any atom is 0.237 e. The van der Waals surface area contributed by atoms with E-state index in [1.165, 1.54) is 0 Å². The van der Waals surface area contributed by atoms with Crippen LogP contribution in [-0.2, 0) is 4.79 Å². The van der Waals surface area contributed by atoms with Crippen LogP contribution in [0.4, 0.5) is 0 Å². The maximum atomic E-state index is 11.6. The van der Waals surface area contributed by atoms with E-state index in [1.54, 1.807) is 6.92 Å². The monoisotopic (exact) mass is 250 g/mol. The van der Waals surface area contributed by atoms with Gasteiger partial charge in [-0.15, -0.1) is 0 Å². The number of hydrogen-bond acceptors (Lipinski definition) is 3. The minimum Gasteiger partial charge on any atom is -0.491 e. The molecule has 0 aromatic heterocycles. The number of ether oxygens (including phenoxy) is 1. The van der Waals surface area contributed by atoms with Gasteiger partial charge < -0.3 is 15.8 Å². The second kappa shape index (κ2) is 6.40. The van der Waals surface area contributed by atoms with Crippen molar-refractivity contribution in [2.75, 3.05) is 0 Å². The van der Waals surface area contributed by atoms with E-state index in [2.05, 4.69) is 5.32 Å². The van der Waals surface area contributed by atoms with Gasteiger partial charge in [0.05, 0.1) is 18.2 Å². The molecule has 0 heterocycles. The summed E-state index contributed by atoms with van der Waals surface area (Å²) >= 11 is 0. The fourth-order valence-electron chi connectivity index (χ4n) is 1.62. The summed E-state index contributed by atoms with van der Waals surface area (Å²) in [4.78, 5) is 11.6. The molecule has 3 N–H and O–H groups in total. The molecule has 0 fully saturated rings. The number of hydrogen-bond donors (Lipinski definition) is 2. The molecular formula is C14H22N2O2. The van der Waals surface area contributed by atoms with Crippen LogP contribution in [0.2, 0.25) is 0 Å². The van der Waals surface area contributed by atoms with E-state index >= 15 is 0 Å². The van der Waals surface area contributed by atoms with Crippen LogP contribution >= 0.6 is 0 Å². The van der Waals surface area contributed by atoms with Crippen molar-refractivity contribution in [2.45, 2.75) is 45.9 Å². The van der Waals surface area contributed by atoms with Crippen LogP contribution in [0.1, 0.15) is 39.3 Å². The average Bonchev–Trinajstić information content (AvgIpc) is 2.28.